The molecule has 0 saturated carbocycles. The summed E-state index contributed by atoms with van der Waals surface area (Å²) in [7, 11) is 0. The van der Waals surface area contributed by atoms with Gasteiger partial charge in [-0.3, -0.25) is 10.1 Å². The molecule has 6 heteroatoms. The molecule has 2 atom stereocenters. The van der Waals surface area contributed by atoms with Crippen molar-refractivity contribution in [2.24, 2.45) is 0 Å². The number of rotatable bonds is 4. The molecular formula is C14H21N3O3. The third-order valence-corrected chi connectivity index (χ3v) is 3.28. The maximum atomic E-state index is 11.1. The molecule has 1 aromatic rings. The van der Waals surface area contributed by atoms with Gasteiger partial charge in [0.05, 0.1) is 17.1 Å². The monoisotopic (exact) mass is 279 g/mol. The molecule has 20 heavy (non-hydrogen) atoms. The average molecular weight is 279 g/mol. The first kappa shape index (κ1) is 14.6. The maximum Gasteiger partial charge on any atom is 0.273 e. The molecule has 1 aromatic carbocycles. The summed E-state index contributed by atoms with van der Waals surface area (Å²) in [5.74, 6) is 0. The lowest BCUT2D eigenvalue weighted by atomic mass is 10.1. The van der Waals surface area contributed by atoms with Crippen LogP contribution in [-0.4, -0.2) is 36.8 Å². The predicted molar refractivity (Wildman–Crippen MR) is 79.5 cm³/mol. The van der Waals surface area contributed by atoms with Gasteiger partial charge in [0.1, 0.15) is 0 Å². The summed E-state index contributed by atoms with van der Waals surface area (Å²) in [5, 5.41) is 14.2. The van der Waals surface area contributed by atoms with Gasteiger partial charge in [0.15, 0.2) is 0 Å². The zero-order valence-electron chi connectivity index (χ0n) is 12.1. The van der Waals surface area contributed by atoms with Crippen LogP contribution >= 0.6 is 0 Å². The van der Waals surface area contributed by atoms with Crippen LogP contribution in [0.2, 0.25) is 0 Å². The Morgan fingerprint density at radius 2 is 2.00 bits per heavy atom. The number of anilines is 2. The van der Waals surface area contributed by atoms with Gasteiger partial charge >= 0.3 is 0 Å². The molecule has 1 aliphatic heterocycles. The number of non-ortho nitro benzene ring substituents is 1. The second-order valence-electron chi connectivity index (χ2n) is 5.19. The average Bonchev–Trinajstić information content (AvgIpc) is 2.37. The fourth-order valence-corrected chi connectivity index (χ4v) is 2.58. The molecule has 1 N–H and O–H groups in total. The van der Waals surface area contributed by atoms with Crippen molar-refractivity contribution in [3.05, 3.63) is 28.3 Å². The van der Waals surface area contributed by atoms with E-state index in [1.165, 1.54) is 0 Å². The molecule has 1 saturated heterocycles. The fraction of sp³-hybridized carbons (Fsp3) is 0.571. The zero-order chi connectivity index (χ0) is 14.7. The van der Waals surface area contributed by atoms with Crippen molar-refractivity contribution in [3.8, 4) is 0 Å². The number of nitrogens with one attached hydrogen (secondary N) is 1. The molecule has 1 heterocycles. The normalized spacial score (nSPS) is 22.6. The smallest absolute Gasteiger partial charge is 0.273 e. The van der Waals surface area contributed by atoms with Crippen LogP contribution in [0.5, 0.6) is 0 Å². The molecule has 6 nitrogen and oxygen atoms in total. The highest BCUT2D eigenvalue weighted by Crippen LogP contribution is 2.29. The van der Waals surface area contributed by atoms with Gasteiger partial charge in [-0.2, -0.15) is 0 Å². The Bertz CT molecular complexity index is 483. The van der Waals surface area contributed by atoms with E-state index in [-0.39, 0.29) is 22.8 Å². The zero-order valence-corrected chi connectivity index (χ0v) is 12.1. The van der Waals surface area contributed by atoms with Gasteiger partial charge in [-0.05, 0) is 26.8 Å². The van der Waals surface area contributed by atoms with Crippen LogP contribution in [0.3, 0.4) is 0 Å². The number of morpholine rings is 1. The summed E-state index contributed by atoms with van der Waals surface area (Å²) in [5.41, 5.74) is 1.77. The maximum absolute atomic E-state index is 11.1. The molecule has 0 amide bonds. The van der Waals surface area contributed by atoms with Crippen LogP contribution in [0.15, 0.2) is 18.2 Å². The van der Waals surface area contributed by atoms with Crippen molar-refractivity contribution >= 4 is 17.1 Å². The minimum atomic E-state index is -0.350. The number of hydrogen-bond acceptors (Lipinski definition) is 5. The first-order valence-corrected chi connectivity index (χ1v) is 6.93. The number of ether oxygens (including phenoxy) is 1. The second-order valence-corrected chi connectivity index (χ2v) is 5.19. The Balaban J connectivity index is 2.31. The van der Waals surface area contributed by atoms with Gasteiger partial charge in [-0.15, -0.1) is 0 Å². The SMILES string of the molecule is CCNc1cc(N2CC(C)OC(C)C2)cc([N+](=O)[O-])c1. The summed E-state index contributed by atoms with van der Waals surface area (Å²) in [6, 6.07) is 5.16. The quantitative estimate of drug-likeness (QED) is 0.678. The molecule has 0 spiro atoms. The van der Waals surface area contributed by atoms with Crippen LogP contribution in [-0.2, 0) is 4.74 Å². The number of nitro groups is 1. The van der Waals surface area contributed by atoms with Gasteiger partial charge in [0, 0.05) is 43.1 Å². The summed E-state index contributed by atoms with van der Waals surface area (Å²) in [6.45, 7) is 8.23. The number of benzene rings is 1. The van der Waals surface area contributed by atoms with Gasteiger partial charge in [0.25, 0.3) is 5.69 Å². The lowest BCUT2D eigenvalue weighted by molar-refractivity contribution is -0.384. The molecule has 2 rings (SSSR count). The van der Waals surface area contributed by atoms with Crippen LogP contribution in [0.1, 0.15) is 20.8 Å². The lowest BCUT2D eigenvalue weighted by Crippen LogP contribution is -2.45. The highest BCUT2D eigenvalue weighted by molar-refractivity contribution is 5.64. The summed E-state index contributed by atoms with van der Waals surface area (Å²) >= 11 is 0. The molecular weight excluding hydrogens is 258 g/mol. The van der Waals surface area contributed by atoms with Gasteiger partial charge < -0.3 is 15.0 Å². The third kappa shape index (κ3) is 3.39. The highest BCUT2D eigenvalue weighted by atomic mass is 16.6. The Labute approximate surface area is 118 Å². The van der Waals surface area contributed by atoms with Gasteiger partial charge in [0.2, 0.25) is 0 Å². The minimum Gasteiger partial charge on any atom is -0.385 e. The largest absolute Gasteiger partial charge is 0.385 e. The van der Waals surface area contributed by atoms with Crippen molar-refractivity contribution in [2.75, 3.05) is 29.9 Å². The van der Waals surface area contributed by atoms with E-state index in [4.69, 9.17) is 4.74 Å². The van der Waals surface area contributed by atoms with Gasteiger partial charge in [-0.1, -0.05) is 0 Å². The molecule has 0 radical (unpaired) electrons. The Morgan fingerprint density at radius 1 is 1.35 bits per heavy atom. The third-order valence-electron chi connectivity index (χ3n) is 3.28. The van der Waals surface area contributed by atoms with Crippen molar-refractivity contribution in [1.29, 1.82) is 0 Å². The lowest BCUT2D eigenvalue weighted by Gasteiger charge is -2.36. The van der Waals surface area contributed by atoms with Crippen molar-refractivity contribution in [3.63, 3.8) is 0 Å². The number of nitro benzene ring substituents is 1. The Morgan fingerprint density at radius 3 is 2.55 bits per heavy atom. The van der Waals surface area contributed by atoms with E-state index in [0.717, 1.165) is 31.0 Å². The summed E-state index contributed by atoms with van der Waals surface area (Å²) in [4.78, 5) is 12.9. The van der Waals surface area contributed by atoms with E-state index in [9.17, 15) is 10.1 Å². The summed E-state index contributed by atoms with van der Waals surface area (Å²) in [6.07, 6.45) is 0.251. The Kier molecular flexibility index (Phi) is 4.44. The van der Waals surface area contributed by atoms with Crippen LogP contribution in [0.4, 0.5) is 17.1 Å². The molecule has 0 aromatic heterocycles. The van der Waals surface area contributed by atoms with E-state index in [1.54, 1.807) is 12.1 Å². The topological polar surface area (TPSA) is 67.6 Å². The van der Waals surface area contributed by atoms with E-state index in [1.807, 2.05) is 26.8 Å². The van der Waals surface area contributed by atoms with E-state index >= 15 is 0 Å². The van der Waals surface area contributed by atoms with Crippen LogP contribution in [0, 0.1) is 10.1 Å². The van der Waals surface area contributed by atoms with E-state index in [2.05, 4.69) is 10.2 Å². The molecule has 0 aliphatic carbocycles. The predicted octanol–water partition coefficient (Wildman–Crippen LogP) is 2.64. The van der Waals surface area contributed by atoms with Crippen molar-refractivity contribution in [1.82, 2.24) is 0 Å². The minimum absolute atomic E-state index is 0.116. The van der Waals surface area contributed by atoms with Crippen molar-refractivity contribution in [2.45, 2.75) is 33.0 Å². The van der Waals surface area contributed by atoms with Crippen LogP contribution in [0.25, 0.3) is 0 Å². The standard InChI is InChI=1S/C14H21N3O3/c1-4-15-12-5-13(7-14(6-12)17(18)19)16-8-10(2)20-11(3)9-16/h5-7,10-11,15H,4,8-9H2,1-3H3. The van der Waals surface area contributed by atoms with Crippen LogP contribution < -0.4 is 10.2 Å². The molecule has 0 bridgehead atoms. The van der Waals surface area contributed by atoms with E-state index < -0.39 is 0 Å². The first-order valence-electron chi connectivity index (χ1n) is 6.93. The number of hydrogen-bond donors (Lipinski definition) is 1. The van der Waals surface area contributed by atoms with Crippen molar-refractivity contribution < 1.29 is 9.66 Å². The Hall–Kier alpha value is -1.82. The molecule has 1 aliphatic rings. The molecule has 2 unspecified atom stereocenters. The molecule has 1 fully saturated rings. The van der Waals surface area contributed by atoms with Gasteiger partial charge in [-0.25, -0.2) is 0 Å². The van der Waals surface area contributed by atoms with E-state index in [0.29, 0.717) is 0 Å². The number of nitrogens with zero attached hydrogens (tertiary/aromatic N) is 2. The summed E-state index contributed by atoms with van der Waals surface area (Å²) < 4.78 is 5.70. The molecule has 110 valence electrons. The second kappa shape index (κ2) is 6.09. The highest BCUT2D eigenvalue weighted by Gasteiger charge is 2.24. The fourth-order valence-electron chi connectivity index (χ4n) is 2.58. The first-order chi connectivity index (χ1) is 9.49.